The van der Waals surface area contributed by atoms with E-state index < -0.39 is 0 Å². The van der Waals surface area contributed by atoms with Gasteiger partial charge in [0, 0.05) is 0 Å². The molecule has 0 fully saturated rings. The van der Waals surface area contributed by atoms with Crippen LogP contribution in [0.2, 0.25) is 0 Å². The van der Waals surface area contributed by atoms with Gasteiger partial charge in [0.1, 0.15) is 11.5 Å². The third-order valence-electron chi connectivity index (χ3n) is 2.31. The van der Waals surface area contributed by atoms with Crippen LogP contribution in [0.4, 0.5) is 0 Å². The van der Waals surface area contributed by atoms with Gasteiger partial charge in [-0.25, -0.2) is 0 Å². The second-order valence-corrected chi connectivity index (χ2v) is 3.28. The van der Waals surface area contributed by atoms with Crippen molar-refractivity contribution in [2.45, 2.75) is 13.3 Å². The molecule has 1 rings (SSSR count). The van der Waals surface area contributed by atoms with Gasteiger partial charge in [0.15, 0.2) is 0 Å². The molecule has 1 N–H and O–H groups in total. The Labute approximate surface area is 91.4 Å². The van der Waals surface area contributed by atoms with E-state index in [9.17, 15) is 0 Å². The number of nitrogens with one attached hydrogen (secondary N) is 1. The number of hydrogen-bond acceptors (Lipinski definition) is 3. The molecule has 0 bridgehead atoms. The molecule has 0 aliphatic heterocycles. The molecule has 0 aromatic heterocycles. The van der Waals surface area contributed by atoms with Crippen molar-refractivity contribution in [1.29, 1.82) is 0 Å². The Morgan fingerprint density at radius 1 is 1.20 bits per heavy atom. The maximum Gasteiger partial charge on any atom is 0.122 e. The Hall–Kier alpha value is -1.22. The molecular formula is C12H19NO2. The van der Waals surface area contributed by atoms with Gasteiger partial charge in [-0.3, -0.25) is 0 Å². The van der Waals surface area contributed by atoms with Gasteiger partial charge in [-0.05, 0) is 43.3 Å². The molecular weight excluding hydrogens is 190 g/mol. The summed E-state index contributed by atoms with van der Waals surface area (Å²) in [6, 6.07) is 5.88. The van der Waals surface area contributed by atoms with Gasteiger partial charge in [-0.1, -0.05) is 6.92 Å². The van der Waals surface area contributed by atoms with Crippen LogP contribution in [-0.2, 0) is 6.42 Å². The Balaban J connectivity index is 2.72. The van der Waals surface area contributed by atoms with E-state index in [0.717, 1.165) is 31.0 Å². The van der Waals surface area contributed by atoms with Gasteiger partial charge in [0.05, 0.1) is 14.2 Å². The molecule has 0 aliphatic rings. The van der Waals surface area contributed by atoms with Crippen molar-refractivity contribution < 1.29 is 9.47 Å². The van der Waals surface area contributed by atoms with Crippen molar-refractivity contribution in [2.75, 3.05) is 27.3 Å². The third-order valence-corrected chi connectivity index (χ3v) is 2.31. The highest BCUT2D eigenvalue weighted by Crippen LogP contribution is 2.23. The molecule has 3 heteroatoms. The van der Waals surface area contributed by atoms with Crippen molar-refractivity contribution in [2.24, 2.45) is 0 Å². The lowest BCUT2D eigenvalue weighted by Gasteiger charge is -2.10. The van der Waals surface area contributed by atoms with Crippen molar-refractivity contribution in [3.05, 3.63) is 23.8 Å². The lowest BCUT2D eigenvalue weighted by molar-refractivity contribution is 0.398. The average molecular weight is 209 g/mol. The van der Waals surface area contributed by atoms with E-state index in [-0.39, 0.29) is 0 Å². The second-order valence-electron chi connectivity index (χ2n) is 3.28. The summed E-state index contributed by atoms with van der Waals surface area (Å²) in [4.78, 5) is 0. The molecule has 0 saturated heterocycles. The fourth-order valence-corrected chi connectivity index (χ4v) is 1.48. The van der Waals surface area contributed by atoms with Crippen LogP contribution in [0, 0.1) is 0 Å². The summed E-state index contributed by atoms with van der Waals surface area (Å²) in [5, 5.41) is 3.29. The topological polar surface area (TPSA) is 30.5 Å². The fraction of sp³-hybridized carbons (Fsp3) is 0.500. The summed E-state index contributed by atoms with van der Waals surface area (Å²) in [6.07, 6.45) is 0.953. The van der Waals surface area contributed by atoms with Gasteiger partial charge >= 0.3 is 0 Å². The minimum Gasteiger partial charge on any atom is -0.497 e. The molecule has 0 amide bonds. The van der Waals surface area contributed by atoms with Crippen molar-refractivity contribution in [1.82, 2.24) is 5.32 Å². The number of ether oxygens (including phenoxy) is 2. The van der Waals surface area contributed by atoms with Crippen LogP contribution in [0.15, 0.2) is 18.2 Å². The van der Waals surface area contributed by atoms with E-state index in [1.165, 1.54) is 5.56 Å². The number of likely N-dealkylation sites (N-methyl/N-ethyl adjacent to an activating group) is 1. The number of methoxy groups -OCH3 is 2. The van der Waals surface area contributed by atoms with Crippen LogP contribution in [0.25, 0.3) is 0 Å². The minimum atomic E-state index is 0.877. The van der Waals surface area contributed by atoms with E-state index >= 15 is 0 Å². The Bertz CT molecular complexity index is 300. The first-order valence-corrected chi connectivity index (χ1v) is 5.23. The van der Waals surface area contributed by atoms with E-state index in [1.54, 1.807) is 14.2 Å². The highest BCUT2D eigenvalue weighted by Gasteiger charge is 2.04. The van der Waals surface area contributed by atoms with Gasteiger partial charge in [-0.2, -0.15) is 0 Å². The fourth-order valence-electron chi connectivity index (χ4n) is 1.48. The number of benzene rings is 1. The van der Waals surface area contributed by atoms with Crippen LogP contribution in [-0.4, -0.2) is 27.3 Å². The highest BCUT2D eigenvalue weighted by atomic mass is 16.5. The van der Waals surface area contributed by atoms with Crippen LogP contribution in [0.5, 0.6) is 11.5 Å². The standard InChI is InChI=1S/C12H19NO2/c1-4-13-8-7-10-9-11(14-2)5-6-12(10)15-3/h5-6,9,13H,4,7-8H2,1-3H3. The zero-order chi connectivity index (χ0) is 11.1. The molecule has 1 aromatic carbocycles. The van der Waals surface area contributed by atoms with Crippen LogP contribution in [0.3, 0.4) is 0 Å². The second kappa shape index (κ2) is 6.30. The summed E-state index contributed by atoms with van der Waals surface area (Å²) in [5.41, 5.74) is 1.18. The average Bonchev–Trinajstić information content (AvgIpc) is 2.29. The normalized spacial score (nSPS) is 10.1. The molecule has 15 heavy (non-hydrogen) atoms. The Morgan fingerprint density at radius 3 is 2.60 bits per heavy atom. The summed E-state index contributed by atoms with van der Waals surface area (Å²) in [7, 11) is 3.37. The molecule has 0 aliphatic carbocycles. The van der Waals surface area contributed by atoms with E-state index in [2.05, 4.69) is 12.2 Å². The molecule has 0 radical (unpaired) electrons. The highest BCUT2D eigenvalue weighted by molar-refractivity contribution is 5.40. The molecule has 1 aromatic rings. The first-order valence-electron chi connectivity index (χ1n) is 5.23. The SMILES string of the molecule is CCNCCc1cc(OC)ccc1OC. The van der Waals surface area contributed by atoms with Crippen LogP contribution in [0.1, 0.15) is 12.5 Å². The summed E-state index contributed by atoms with van der Waals surface area (Å²) < 4.78 is 10.5. The first kappa shape index (κ1) is 11.9. The Morgan fingerprint density at radius 2 is 2.00 bits per heavy atom. The monoisotopic (exact) mass is 209 g/mol. The van der Waals surface area contributed by atoms with Crippen LogP contribution < -0.4 is 14.8 Å². The van der Waals surface area contributed by atoms with Crippen LogP contribution >= 0.6 is 0 Å². The summed E-state index contributed by atoms with van der Waals surface area (Å²) >= 11 is 0. The van der Waals surface area contributed by atoms with E-state index in [1.807, 2.05) is 18.2 Å². The van der Waals surface area contributed by atoms with Gasteiger partial charge in [-0.15, -0.1) is 0 Å². The van der Waals surface area contributed by atoms with E-state index in [0.29, 0.717) is 0 Å². The van der Waals surface area contributed by atoms with Crippen molar-refractivity contribution in [3.8, 4) is 11.5 Å². The van der Waals surface area contributed by atoms with E-state index in [4.69, 9.17) is 9.47 Å². The molecule has 84 valence electrons. The maximum absolute atomic E-state index is 5.29. The zero-order valence-electron chi connectivity index (χ0n) is 9.67. The summed E-state index contributed by atoms with van der Waals surface area (Å²) in [5.74, 6) is 1.80. The molecule has 0 unspecified atom stereocenters. The number of hydrogen-bond donors (Lipinski definition) is 1. The predicted octanol–water partition coefficient (Wildman–Crippen LogP) is 1.86. The number of rotatable bonds is 6. The maximum atomic E-state index is 5.29. The van der Waals surface area contributed by atoms with Crippen molar-refractivity contribution in [3.63, 3.8) is 0 Å². The minimum absolute atomic E-state index is 0.877. The summed E-state index contributed by atoms with van der Waals surface area (Å²) in [6.45, 7) is 4.05. The largest absolute Gasteiger partial charge is 0.497 e. The lowest BCUT2D eigenvalue weighted by Crippen LogP contribution is -2.16. The molecule has 0 saturated carbocycles. The third kappa shape index (κ3) is 3.44. The van der Waals surface area contributed by atoms with Gasteiger partial charge in [0.25, 0.3) is 0 Å². The quantitative estimate of drug-likeness (QED) is 0.725. The zero-order valence-corrected chi connectivity index (χ0v) is 9.67. The molecule has 0 atom stereocenters. The lowest BCUT2D eigenvalue weighted by atomic mass is 10.1. The smallest absolute Gasteiger partial charge is 0.122 e. The molecule has 0 heterocycles. The van der Waals surface area contributed by atoms with Gasteiger partial charge < -0.3 is 14.8 Å². The molecule has 3 nitrogen and oxygen atoms in total. The molecule has 0 spiro atoms. The predicted molar refractivity (Wildman–Crippen MR) is 61.8 cm³/mol. The Kier molecular flexibility index (Phi) is 4.98. The first-order chi connectivity index (χ1) is 7.31. The van der Waals surface area contributed by atoms with Gasteiger partial charge in [0.2, 0.25) is 0 Å². The van der Waals surface area contributed by atoms with Crippen molar-refractivity contribution >= 4 is 0 Å².